The molecule has 0 spiro atoms. The van der Waals surface area contributed by atoms with Crippen LogP contribution in [0.5, 0.6) is 11.5 Å². The highest BCUT2D eigenvalue weighted by atomic mass is 16.7. The van der Waals surface area contributed by atoms with Gasteiger partial charge in [0.15, 0.2) is 11.5 Å². The fraction of sp³-hybridized carbons (Fsp3) is 0.435. The smallest absolute Gasteiger partial charge is 0.231 e. The molecule has 7 heteroatoms. The van der Waals surface area contributed by atoms with Crippen molar-refractivity contribution >= 4 is 11.0 Å². The van der Waals surface area contributed by atoms with Gasteiger partial charge >= 0.3 is 0 Å². The van der Waals surface area contributed by atoms with E-state index in [-0.39, 0.29) is 6.79 Å². The van der Waals surface area contributed by atoms with Crippen molar-refractivity contribution in [2.45, 2.75) is 38.5 Å². The van der Waals surface area contributed by atoms with Crippen LogP contribution in [0.3, 0.4) is 0 Å². The number of aromatic nitrogens is 2. The summed E-state index contributed by atoms with van der Waals surface area (Å²) < 4.78 is 14.8. The van der Waals surface area contributed by atoms with Gasteiger partial charge in [-0.05, 0) is 49.1 Å². The Balaban J connectivity index is 1.41. The predicted molar refractivity (Wildman–Crippen MR) is 113 cm³/mol. The van der Waals surface area contributed by atoms with Crippen LogP contribution in [-0.4, -0.2) is 40.7 Å². The number of benzene rings is 2. The van der Waals surface area contributed by atoms with Gasteiger partial charge in [-0.3, -0.25) is 5.41 Å². The highest BCUT2D eigenvalue weighted by Crippen LogP contribution is 2.34. The Morgan fingerprint density at radius 1 is 0.967 bits per heavy atom. The Kier molecular flexibility index (Phi) is 5.23. The molecule has 1 aromatic heterocycles. The predicted octanol–water partition coefficient (Wildman–Crippen LogP) is 1.45. The number of piperidine rings is 1. The van der Waals surface area contributed by atoms with Crippen molar-refractivity contribution < 1.29 is 19.5 Å². The van der Waals surface area contributed by atoms with Crippen LogP contribution in [0.1, 0.15) is 30.9 Å². The van der Waals surface area contributed by atoms with Crippen LogP contribution in [0.15, 0.2) is 42.5 Å². The van der Waals surface area contributed by atoms with Gasteiger partial charge in [-0.15, -0.1) is 0 Å². The number of hydrogen-bond donors (Lipinski definition) is 3. The van der Waals surface area contributed by atoms with Crippen molar-refractivity contribution in [3.8, 4) is 11.5 Å². The van der Waals surface area contributed by atoms with Gasteiger partial charge in [0.25, 0.3) is 0 Å². The third-order valence-electron chi connectivity index (χ3n) is 6.36. The maximum atomic E-state index is 10.9. The zero-order chi connectivity index (χ0) is 20.5. The average molecular weight is 410 g/mol. The van der Waals surface area contributed by atoms with Crippen molar-refractivity contribution in [3.05, 3.63) is 53.6 Å². The molecule has 5 rings (SSSR count). The number of rotatable bonds is 6. The number of para-hydroxylation sites is 2. The fourth-order valence-corrected chi connectivity index (χ4v) is 4.68. The summed E-state index contributed by atoms with van der Waals surface area (Å²) in [5, 5.41) is 19.7. The third kappa shape index (κ3) is 3.59. The number of ether oxygens (including phenoxy) is 2. The number of fused-ring (bicyclic) bond motifs is 2. The third-order valence-corrected chi connectivity index (χ3v) is 6.36. The van der Waals surface area contributed by atoms with E-state index in [0.717, 1.165) is 29.7 Å². The Labute approximate surface area is 175 Å². The molecule has 2 aliphatic heterocycles. The molecule has 7 nitrogen and oxygen atoms in total. The second-order valence-electron chi connectivity index (χ2n) is 8.26. The van der Waals surface area contributed by atoms with Crippen LogP contribution in [0.2, 0.25) is 0 Å². The number of likely N-dealkylation sites (tertiary alicyclic amines) is 1. The van der Waals surface area contributed by atoms with Crippen LogP contribution in [-0.2, 0) is 13.1 Å². The van der Waals surface area contributed by atoms with Crippen LogP contribution in [0.25, 0.3) is 11.0 Å². The SMILES string of the molecule is N=c1n(CC[NH+]2CCCCC2)c2ccccc2n1CC(O)c1ccc2c(c1)OCO2. The summed E-state index contributed by atoms with van der Waals surface area (Å²) >= 11 is 0. The number of nitrogens with one attached hydrogen (secondary N) is 2. The molecule has 3 aromatic rings. The van der Waals surface area contributed by atoms with Crippen molar-refractivity contribution in [2.75, 3.05) is 26.4 Å². The molecule has 3 heterocycles. The number of aliphatic hydroxyl groups excluding tert-OH is 1. The first kappa shape index (κ1) is 19.2. The highest BCUT2D eigenvalue weighted by molar-refractivity contribution is 5.75. The van der Waals surface area contributed by atoms with E-state index in [9.17, 15) is 5.11 Å². The quantitative estimate of drug-likeness (QED) is 0.577. The Hall–Kier alpha value is -2.77. The molecule has 1 unspecified atom stereocenters. The zero-order valence-electron chi connectivity index (χ0n) is 17.1. The Morgan fingerprint density at radius 2 is 1.70 bits per heavy atom. The molecule has 0 radical (unpaired) electrons. The standard InChI is InChI=1S/C23H28N4O3/c24-23-26(13-12-25-10-4-1-5-11-25)18-6-2-3-7-19(18)27(23)15-20(28)17-8-9-21-22(14-17)30-16-29-21/h2-3,6-9,14,20,24,28H,1,4-5,10-13,15-16H2/p+1. The van der Waals surface area contributed by atoms with E-state index < -0.39 is 6.10 Å². The van der Waals surface area contributed by atoms with E-state index in [0.29, 0.717) is 23.7 Å². The molecule has 0 amide bonds. The fourth-order valence-electron chi connectivity index (χ4n) is 4.68. The van der Waals surface area contributed by atoms with E-state index in [1.807, 2.05) is 41.0 Å². The number of nitrogens with zero attached hydrogens (tertiary/aromatic N) is 2. The first-order valence-corrected chi connectivity index (χ1v) is 10.8. The molecule has 3 N–H and O–H groups in total. The van der Waals surface area contributed by atoms with Crippen LogP contribution >= 0.6 is 0 Å². The minimum Gasteiger partial charge on any atom is -0.454 e. The van der Waals surface area contributed by atoms with Crippen molar-refractivity contribution in [1.82, 2.24) is 9.13 Å². The lowest BCUT2D eigenvalue weighted by atomic mass is 10.1. The minimum absolute atomic E-state index is 0.215. The largest absolute Gasteiger partial charge is 0.454 e. The van der Waals surface area contributed by atoms with Gasteiger partial charge in [0.1, 0.15) is 0 Å². The Bertz CT molecular complexity index is 1100. The van der Waals surface area contributed by atoms with Gasteiger partial charge in [-0.25, -0.2) is 0 Å². The van der Waals surface area contributed by atoms with Gasteiger partial charge in [0, 0.05) is 0 Å². The average Bonchev–Trinajstić information content (AvgIpc) is 3.35. The highest BCUT2D eigenvalue weighted by Gasteiger charge is 2.20. The van der Waals surface area contributed by atoms with Crippen LogP contribution in [0.4, 0.5) is 0 Å². The van der Waals surface area contributed by atoms with E-state index in [1.165, 1.54) is 32.4 Å². The number of hydrogen-bond acceptors (Lipinski definition) is 4. The molecule has 30 heavy (non-hydrogen) atoms. The van der Waals surface area contributed by atoms with E-state index in [2.05, 4.69) is 10.6 Å². The minimum atomic E-state index is -0.736. The number of aliphatic hydroxyl groups is 1. The normalized spacial score (nSPS) is 17.5. The first-order valence-electron chi connectivity index (χ1n) is 10.8. The van der Waals surface area contributed by atoms with Gasteiger partial charge < -0.3 is 28.6 Å². The molecular weight excluding hydrogens is 380 g/mol. The molecule has 1 atom stereocenters. The molecular formula is C23H29N4O3+. The number of imidazole rings is 1. The summed E-state index contributed by atoms with van der Waals surface area (Å²) in [4.78, 5) is 1.63. The molecule has 0 bridgehead atoms. The van der Waals surface area contributed by atoms with Gasteiger partial charge in [0.2, 0.25) is 12.4 Å². The second-order valence-corrected chi connectivity index (χ2v) is 8.26. The zero-order valence-corrected chi connectivity index (χ0v) is 17.1. The molecule has 158 valence electrons. The van der Waals surface area contributed by atoms with Crippen LogP contribution in [0, 0.1) is 5.41 Å². The lowest BCUT2D eigenvalue weighted by Crippen LogP contribution is -3.13. The number of quaternary nitrogens is 1. The molecule has 2 aliphatic rings. The van der Waals surface area contributed by atoms with E-state index >= 15 is 0 Å². The lowest BCUT2D eigenvalue weighted by molar-refractivity contribution is -0.905. The van der Waals surface area contributed by atoms with E-state index in [4.69, 9.17) is 14.9 Å². The van der Waals surface area contributed by atoms with Crippen molar-refractivity contribution in [2.24, 2.45) is 0 Å². The lowest BCUT2D eigenvalue weighted by Gasteiger charge is -2.23. The van der Waals surface area contributed by atoms with Crippen LogP contribution < -0.4 is 20.0 Å². The monoisotopic (exact) mass is 409 g/mol. The molecule has 0 saturated carbocycles. The van der Waals surface area contributed by atoms with Gasteiger partial charge in [-0.2, -0.15) is 0 Å². The van der Waals surface area contributed by atoms with E-state index in [1.54, 1.807) is 4.90 Å². The van der Waals surface area contributed by atoms with Gasteiger partial charge in [-0.1, -0.05) is 18.2 Å². The van der Waals surface area contributed by atoms with Gasteiger partial charge in [0.05, 0.1) is 49.9 Å². The first-order chi connectivity index (χ1) is 14.7. The molecule has 2 aromatic carbocycles. The second kappa shape index (κ2) is 8.16. The summed E-state index contributed by atoms with van der Waals surface area (Å²) in [7, 11) is 0. The summed E-state index contributed by atoms with van der Waals surface area (Å²) in [6.07, 6.45) is 3.21. The van der Waals surface area contributed by atoms with Crippen molar-refractivity contribution in [1.29, 1.82) is 5.41 Å². The summed E-state index contributed by atoms with van der Waals surface area (Å²) in [6, 6.07) is 13.6. The topological polar surface area (TPSA) is 76.8 Å². The summed E-state index contributed by atoms with van der Waals surface area (Å²) in [5.41, 5.74) is 3.24. The van der Waals surface area contributed by atoms with Crippen molar-refractivity contribution in [3.63, 3.8) is 0 Å². The molecule has 1 saturated heterocycles. The molecule has 0 aliphatic carbocycles. The summed E-state index contributed by atoms with van der Waals surface area (Å²) in [6.45, 7) is 4.86. The Morgan fingerprint density at radius 3 is 2.50 bits per heavy atom. The maximum absolute atomic E-state index is 10.9. The maximum Gasteiger partial charge on any atom is 0.231 e. The summed E-state index contributed by atoms with van der Waals surface area (Å²) in [5.74, 6) is 1.37. The molecule has 1 fully saturated rings.